The molecule has 1 aliphatic heterocycles. The van der Waals surface area contributed by atoms with Crippen molar-refractivity contribution >= 4 is 46.3 Å². The van der Waals surface area contributed by atoms with Crippen molar-refractivity contribution in [3.8, 4) is 0 Å². The number of nitrogens with zero attached hydrogens (tertiary/aromatic N) is 4. The van der Waals surface area contributed by atoms with E-state index in [0.717, 1.165) is 14.9 Å². The number of para-hydroxylation sites is 2. The fraction of sp³-hybridized carbons (Fsp3) is 0.389. The lowest BCUT2D eigenvalue weighted by Gasteiger charge is -2.35. The molecule has 0 saturated carbocycles. The topological polar surface area (TPSA) is 123 Å². The highest BCUT2D eigenvalue weighted by Crippen LogP contribution is 2.29. The smallest absolute Gasteiger partial charge is 0.292 e. The maximum Gasteiger partial charge on any atom is 0.292 e. The third kappa shape index (κ3) is 5.24. The Labute approximate surface area is 176 Å². The van der Waals surface area contributed by atoms with E-state index in [-0.39, 0.29) is 28.7 Å². The van der Waals surface area contributed by atoms with Gasteiger partial charge in [-0.3, -0.25) is 19.7 Å². The Kier molecular flexibility index (Phi) is 6.70. The number of nitro benzene ring substituents is 1. The molecule has 29 heavy (non-hydrogen) atoms. The summed E-state index contributed by atoms with van der Waals surface area (Å²) in [5.41, 5.74) is 6.66. The van der Waals surface area contributed by atoms with E-state index in [1.807, 2.05) is 11.8 Å². The van der Waals surface area contributed by atoms with Gasteiger partial charge in [0.05, 0.1) is 22.8 Å². The van der Waals surface area contributed by atoms with Gasteiger partial charge < -0.3 is 15.5 Å². The van der Waals surface area contributed by atoms with Crippen LogP contribution in [0.25, 0.3) is 0 Å². The van der Waals surface area contributed by atoms with Crippen LogP contribution in [-0.2, 0) is 16.0 Å². The minimum atomic E-state index is -0.402. The number of hydrogen-bond acceptors (Lipinski definition) is 8. The highest BCUT2D eigenvalue weighted by atomic mass is 32.2. The number of nitrogens with two attached hydrogens (primary N) is 1. The number of aromatic nitrogens is 1. The molecule has 9 nitrogen and oxygen atoms in total. The predicted molar refractivity (Wildman–Crippen MR) is 112 cm³/mol. The summed E-state index contributed by atoms with van der Waals surface area (Å²) >= 11 is 2.74. The summed E-state index contributed by atoms with van der Waals surface area (Å²) in [5.74, 6) is -0.142. The maximum absolute atomic E-state index is 12.5. The van der Waals surface area contributed by atoms with E-state index >= 15 is 0 Å². The van der Waals surface area contributed by atoms with Gasteiger partial charge in [-0.15, -0.1) is 11.3 Å². The fourth-order valence-electron chi connectivity index (χ4n) is 3.08. The van der Waals surface area contributed by atoms with Crippen molar-refractivity contribution in [3.05, 3.63) is 45.0 Å². The summed E-state index contributed by atoms with van der Waals surface area (Å²) in [6.07, 6.45) is 0.158. The minimum absolute atomic E-state index is 0.00140. The van der Waals surface area contributed by atoms with Crippen molar-refractivity contribution in [2.24, 2.45) is 5.73 Å². The molecule has 0 atom stereocenters. The maximum atomic E-state index is 12.5. The highest BCUT2D eigenvalue weighted by Gasteiger charge is 2.25. The van der Waals surface area contributed by atoms with Gasteiger partial charge in [0, 0.05) is 37.1 Å². The summed E-state index contributed by atoms with van der Waals surface area (Å²) in [5, 5.41) is 11.2. The molecule has 154 valence electrons. The number of aryl methyl sites for hydroxylation is 1. The van der Waals surface area contributed by atoms with E-state index in [4.69, 9.17) is 5.73 Å². The van der Waals surface area contributed by atoms with Gasteiger partial charge in [0.15, 0.2) is 4.34 Å². The molecular weight excluding hydrogens is 414 g/mol. The van der Waals surface area contributed by atoms with Crippen molar-refractivity contribution in [1.29, 1.82) is 0 Å². The van der Waals surface area contributed by atoms with Crippen LogP contribution in [0, 0.1) is 17.0 Å². The molecule has 0 radical (unpaired) electrons. The van der Waals surface area contributed by atoms with Crippen LogP contribution in [0.15, 0.2) is 28.6 Å². The molecule has 2 amide bonds. The van der Waals surface area contributed by atoms with Gasteiger partial charge in [0.1, 0.15) is 5.69 Å². The third-order valence-corrected chi connectivity index (χ3v) is 6.86. The van der Waals surface area contributed by atoms with Gasteiger partial charge in [-0.25, -0.2) is 4.98 Å². The number of carbonyl (C=O) groups excluding carboxylic acids is 2. The lowest BCUT2D eigenvalue weighted by molar-refractivity contribution is -0.384. The van der Waals surface area contributed by atoms with E-state index < -0.39 is 5.91 Å². The first-order chi connectivity index (χ1) is 13.8. The zero-order valence-corrected chi connectivity index (χ0v) is 17.5. The van der Waals surface area contributed by atoms with Crippen LogP contribution < -0.4 is 10.6 Å². The van der Waals surface area contributed by atoms with Crippen LogP contribution in [-0.4, -0.2) is 58.6 Å². The SMILES string of the molecule is Cc1nc(SCC(=O)N2CCN(c3ccccc3[N+](=O)[O-])CC2)sc1CC(N)=O. The van der Waals surface area contributed by atoms with Gasteiger partial charge in [0.2, 0.25) is 11.8 Å². The molecule has 0 bridgehead atoms. The first kappa shape index (κ1) is 21.1. The van der Waals surface area contributed by atoms with E-state index in [1.54, 1.807) is 23.1 Å². The number of amides is 2. The Morgan fingerprint density at radius 3 is 2.62 bits per heavy atom. The van der Waals surface area contributed by atoms with Crippen LogP contribution in [0.2, 0.25) is 0 Å². The van der Waals surface area contributed by atoms with Gasteiger partial charge in [-0.1, -0.05) is 23.9 Å². The normalized spacial score (nSPS) is 14.1. The summed E-state index contributed by atoms with van der Waals surface area (Å²) in [7, 11) is 0. The van der Waals surface area contributed by atoms with Crippen molar-refractivity contribution < 1.29 is 14.5 Å². The molecular formula is C18H21N5O4S2. The second-order valence-electron chi connectivity index (χ2n) is 6.53. The van der Waals surface area contributed by atoms with Crippen LogP contribution in [0.4, 0.5) is 11.4 Å². The lowest BCUT2D eigenvalue weighted by Crippen LogP contribution is -2.49. The average Bonchev–Trinajstić information content (AvgIpc) is 3.05. The number of hydrogen-bond donors (Lipinski definition) is 1. The Morgan fingerprint density at radius 1 is 1.28 bits per heavy atom. The molecule has 3 rings (SSSR count). The number of thioether (sulfide) groups is 1. The number of benzene rings is 1. The largest absolute Gasteiger partial charge is 0.369 e. The molecule has 2 heterocycles. The monoisotopic (exact) mass is 435 g/mol. The van der Waals surface area contributed by atoms with Gasteiger partial charge in [0.25, 0.3) is 5.69 Å². The summed E-state index contributed by atoms with van der Waals surface area (Å²) in [6, 6.07) is 6.65. The van der Waals surface area contributed by atoms with Crippen molar-refractivity contribution in [3.63, 3.8) is 0 Å². The first-order valence-electron chi connectivity index (χ1n) is 8.98. The molecule has 1 aliphatic rings. The van der Waals surface area contributed by atoms with Gasteiger partial charge in [-0.2, -0.15) is 0 Å². The summed E-state index contributed by atoms with van der Waals surface area (Å²) in [6.45, 7) is 3.92. The fourth-order valence-corrected chi connectivity index (χ4v) is 5.23. The van der Waals surface area contributed by atoms with Crippen molar-refractivity contribution in [2.75, 3.05) is 36.8 Å². The molecule has 1 saturated heterocycles. The molecule has 0 spiro atoms. The molecule has 2 N–H and O–H groups in total. The minimum Gasteiger partial charge on any atom is -0.369 e. The molecule has 1 aromatic carbocycles. The number of thiazole rings is 1. The molecule has 11 heteroatoms. The standard InChI is InChI=1S/C18H21N5O4S2/c1-12-15(10-16(19)24)29-18(20-12)28-11-17(25)22-8-6-21(7-9-22)13-4-2-3-5-14(13)23(26)27/h2-5H,6-11H2,1H3,(H2,19,24). The van der Waals surface area contributed by atoms with Gasteiger partial charge >= 0.3 is 0 Å². The van der Waals surface area contributed by atoms with E-state index in [9.17, 15) is 19.7 Å². The van der Waals surface area contributed by atoms with Gasteiger partial charge in [-0.05, 0) is 13.0 Å². The number of primary amides is 1. The number of nitro groups is 1. The van der Waals surface area contributed by atoms with E-state index in [1.165, 1.54) is 29.2 Å². The number of anilines is 1. The summed E-state index contributed by atoms with van der Waals surface area (Å²) in [4.78, 5) is 43.4. The zero-order chi connectivity index (χ0) is 21.0. The lowest BCUT2D eigenvalue weighted by atomic mass is 10.2. The number of piperazine rings is 1. The van der Waals surface area contributed by atoms with Crippen molar-refractivity contribution in [1.82, 2.24) is 9.88 Å². The highest BCUT2D eigenvalue weighted by molar-refractivity contribution is 8.01. The van der Waals surface area contributed by atoms with Crippen LogP contribution in [0.3, 0.4) is 0 Å². The van der Waals surface area contributed by atoms with Crippen LogP contribution in [0.5, 0.6) is 0 Å². The van der Waals surface area contributed by atoms with E-state index in [0.29, 0.717) is 31.9 Å². The predicted octanol–water partition coefficient (Wildman–Crippen LogP) is 1.83. The Bertz CT molecular complexity index is 925. The zero-order valence-electron chi connectivity index (χ0n) is 15.9. The average molecular weight is 436 g/mol. The summed E-state index contributed by atoms with van der Waals surface area (Å²) < 4.78 is 0.741. The number of rotatable bonds is 7. The Balaban J connectivity index is 1.53. The van der Waals surface area contributed by atoms with E-state index in [2.05, 4.69) is 4.98 Å². The van der Waals surface area contributed by atoms with Crippen LogP contribution in [0.1, 0.15) is 10.6 Å². The Hall–Kier alpha value is -2.66. The molecule has 1 aromatic heterocycles. The van der Waals surface area contributed by atoms with Crippen LogP contribution >= 0.6 is 23.1 Å². The molecule has 1 fully saturated rings. The second kappa shape index (κ2) is 9.23. The first-order valence-corrected chi connectivity index (χ1v) is 10.8. The molecule has 2 aromatic rings. The van der Waals surface area contributed by atoms with Crippen molar-refractivity contribution in [2.45, 2.75) is 17.7 Å². The second-order valence-corrected chi connectivity index (χ2v) is 8.84. The Morgan fingerprint density at radius 2 is 1.97 bits per heavy atom. The molecule has 0 aliphatic carbocycles. The molecule has 0 unspecified atom stereocenters. The third-order valence-electron chi connectivity index (χ3n) is 4.58. The quantitative estimate of drug-likeness (QED) is 0.400. The number of carbonyl (C=O) groups is 2.